The zero-order chi connectivity index (χ0) is 26.5. The number of rotatable bonds is 9. The molecule has 4 rings (SSSR count). The van der Waals surface area contributed by atoms with E-state index < -0.39 is 12.0 Å². The molecule has 0 aromatic heterocycles. The van der Waals surface area contributed by atoms with Crippen LogP contribution >= 0.6 is 11.8 Å². The molecule has 9 heteroatoms. The van der Waals surface area contributed by atoms with Gasteiger partial charge in [-0.1, -0.05) is 48.2 Å². The van der Waals surface area contributed by atoms with Crippen LogP contribution in [0, 0.1) is 0 Å². The highest BCUT2D eigenvalue weighted by atomic mass is 32.2. The second-order valence-corrected chi connectivity index (χ2v) is 9.80. The van der Waals surface area contributed by atoms with Gasteiger partial charge in [0.25, 0.3) is 0 Å². The second kappa shape index (κ2) is 11.6. The number of amides is 1. The molecule has 194 valence electrons. The first-order chi connectivity index (χ1) is 17.8. The maximum Gasteiger partial charge on any atom is 0.338 e. The molecule has 2 aromatic rings. The second-order valence-electron chi connectivity index (χ2n) is 8.97. The molecule has 2 heterocycles. The zero-order valence-corrected chi connectivity index (χ0v) is 22.4. The molecular formula is C28H31N3O5S. The molecule has 2 aliphatic heterocycles. The topological polar surface area (TPSA) is 89.5 Å². The van der Waals surface area contributed by atoms with Crippen molar-refractivity contribution in [1.82, 2.24) is 10.2 Å². The van der Waals surface area contributed by atoms with Crippen molar-refractivity contribution in [3.05, 3.63) is 82.0 Å². The van der Waals surface area contributed by atoms with E-state index in [1.165, 1.54) is 18.9 Å². The lowest BCUT2D eigenvalue weighted by Gasteiger charge is -2.36. The van der Waals surface area contributed by atoms with Gasteiger partial charge in [-0.25, -0.2) is 9.79 Å². The average molecular weight is 522 g/mol. The van der Waals surface area contributed by atoms with Gasteiger partial charge in [0, 0.05) is 11.7 Å². The Bertz CT molecular complexity index is 1270. The number of benzene rings is 2. The molecule has 0 unspecified atom stereocenters. The summed E-state index contributed by atoms with van der Waals surface area (Å²) in [4.78, 5) is 32.2. The summed E-state index contributed by atoms with van der Waals surface area (Å²) in [6.45, 7) is 6.02. The molecule has 1 N–H and O–H groups in total. The lowest BCUT2D eigenvalue weighted by atomic mass is 9.93. The zero-order valence-electron chi connectivity index (χ0n) is 21.6. The van der Waals surface area contributed by atoms with Crippen LogP contribution in [0.4, 0.5) is 0 Å². The first-order valence-electron chi connectivity index (χ1n) is 12.0. The van der Waals surface area contributed by atoms with Crippen molar-refractivity contribution in [2.24, 2.45) is 4.99 Å². The van der Waals surface area contributed by atoms with Crippen LogP contribution in [-0.2, 0) is 20.9 Å². The Kier molecular flexibility index (Phi) is 8.23. The number of amidine groups is 1. The van der Waals surface area contributed by atoms with E-state index in [4.69, 9.17) is 14.2 Å². The molecule has 0 radical (unpaired) electrons. The molecule has 0 saturated carbocycles. The summed E-state index contributed by atoms with van der Waals surface area (Å²) in [5.41, 5.74) is 3.55. The van der Waals surface area contributed by atoms with Crippen molar-refractivity contribution < 1.29 is 23.8 Å². The number of methoxy groups -OCH3 is 2. The van der Waals surface area contributed by atoms with Crippen LogP contribution < -0.4 is 14.8 Å². The van der Waals surface area contributed by atoms with Crippen molar-refractivity contribution in [2.75, 3.05) is 14.2 Å². The number of carbonyl (C=O) groups is 2. The van der Waals surface area contributed by atoms with Crippen molar-refractivity contribution >= 4 is 28.8 Å². The number of carbonyl (C=O) groups excluding carboxylic acids is 2. The number of aliphatic imine (C=N–C) groups is 1. The first kappa shape index (κ1) is 26.3. The normalized spacial score (nSPS) is 16.7. The molecule has 0 aliphatic carbocycles. The van der Waals surface area contributed by atoms with Crippen LogP contribution in [0.5, 0.6) is 11.5 Å². The summed E-state index contributed by atoms with van der Waals surface area (Å²) >= 11 is 1.43. The summed E-state index contributed by atoms with van der Waals surface area (Å²) in [5.74, 6) is 0.545. The Balaban J connectivity index is 1.70. The van der Waals surface area contributed by atoms with Crippen LogP contribution in [0.25, 0.3) is 0 Å². The standard InChI is InChI=1S/C28H31N3O5S/c1-17(2)29-24(32)14-21-16-37-28-30-18(3)25(27(33)35-5)26(31(21)28)20-11-12-22(23(13-20)34-4)36-15-19-9-7-6-8-10-19/h6-13,16-17,26H,14-15H2,1-5H3,(H,29,32)/t26-/m1/s1. The van der Waals surface area contributed by atoms with E-state index in [2.05, 4.69) is 10.3 Å². The Hall–Kier alpha value is -3.72. The van der Waals surface area contributed by atoms with Crippen LogP contribution in [0.1, 0.15) is 44.4 Å². The Morgan fingerprint density at radius 1 is 1.11 bits per heavy atom. The summed E-state index contributed by atoms with van der Waals surface area (Å²) in [6, 6.07) is 14.9. The van der Waals surface area contributed by atoms with Crippen molar-refractivity contribution in [1.29, 1.82) is 0 Å². The van der Waals surface area contributed by atoms with Gasteiger partial charge in [0.1, 0.15) is 6.61 Å². The van der Waals surface area contributed by atoms with Gasteiger partial charge in [-0.2, -0.15) is 0 Å². The fourth-order valence-electron chi connectivity index (χ4n) is 4.30. The SMILES string of the molecule is COC(=O)C1=C(C)N=C2SC=C(CC(=O)NC(C)C)N2[C@@H]1c1ccc(OCc2ccccc2)c(OC)c1. The molecule has 37 heavy (non-hydrogen) atoms. The van der Waals surface area contributed by atoms with Gasteiger partial charge in [0.15, 0.2) is 16.7 Å². The average Bonchev–Trinajstić information content (AvgIpc) is 3.27. The van der Waals surface area contributed by atoms with Gasteiger partial charge in [0.2, 0.25) is 5.91 Å². The highest BCUT2D eigenvalue weighted by molar-refractivity contribution is 8.16. The molecule has 0 saturated heterocycles. The van der Waals surface area contributed by atoms with E-state index in [-0.39, 0.29) is 18.4 Å². The number of esters is 1. The van der Waals surface area contributed by atoms with Gasteiger partial charge in [-0.05, 0) is 49.4 Å². The third-order valence-electron chi connectivity index (χ3n) is 5.94. The number of thioether (sulfide) groups is 1. The molecule has 0 fully saturated rings. The van der Waals surface area contributed by atoms with Gasteiger partial charge in [-0.15, -0.1) is 0 Å². The predicted octanol–water partition coefficient (Wildman–Crippen LogP) is 4.94. The van der Waals surface area contributed by atoms with Gasteiger partial charge < -0.3 is 24.4 Å². The third-order valence-corrected chi connectivity index (χ3v) is 6.83. The maximum atomic E-state index is 13.0. The fraction of sp³-hybridized carbons (Fsp3) is 0.321. The molecular weight excluding hydrogens is 490 g/mol. The molecule has 1 amide bonds. The molecule has 2 aromatic carbocycles. The first-order valence-corrected chi connectivity index (χ1v) is 12.9. The quantitative estimate of drug-likeness (QED) is 0.468. The van der Waals surface area contributed by atoms with Crippen LogP contribution in [0.15, 0.2) is 75.9 Å². The number of hydrogen-bond acceptors (Lipinski definition) is 8. The van der Waals surface area contributed by atoms with Gasteiger partial charge in [-0.3, -0.25) is 4.79 Å². The number of fused-ring (bicyclic) bond motifs is 1. The fourth-order valence-corrected chi connectivity index (χ4v) is 5.27. The highest BCUT2D eigenvalue weighted by Gasteiger charge is 2.41. The van der Waals surface area contributed by atoms with Crippen molar-refractivity contribution in [3.8, 4) is 11.5 Å². The van der Waals surface area contributed by atoms with E-state index in [1.54, 1.807) is 14.0 Å². The van der Waals surface area contributed by atoms with Crippen molar-refractivity contribution in [2.45, 2.75) is 45.9 Å². The summed E-state index contributed by atoms with van der Waals surface area (Å²) < 4.78 is 16.8. The monoisotopic (exact) mass is 521 g/mol. The van der Waals surface area contributed by atoms with E-state index in [0.29, 0.717) is 34.5 Å². The number of allylic oxidation sites excluding steroid dienone is 1. The van der Waals surface area contributed by atoms with Crippen LogP contribution in [0.3, 0.4) is 0 Å². The molecule has 1 atom stereocenters. The lowest BCUT2D eigenvalue weighted by molar-refractivity contribution is -0.136. The van der Waals surface area contributed by atoms with Crippen molar-refractivity contribution in [3.63, 3.8) is 0 Å². The number of ether oxygens (including phenoxy) is 3. The van der Waals surface area contributed by atoms with Gasteiger partial charge >= 0.3 is 5.97 Å². The summed E-state index contributed by atoms with van der Waals surface area (Å²) in [6.07, 6.45) is 0.156. The Morgan fingerprint density at radius 2 is 1.86 bits per heavy atom. The molecule has 2 aliphatic rings. The highest BCUT2D eigenvalue weighted by Crippen LogP contribution is 2.46. The smallest absolute Gasteiger partial charge is 0.338 e. The number of nitrogens with one attached hydrogen (secondary N) is 1. The largest absolute Gasteiger partial charge is 0.493 e. The van der Waals surface area contributed by atoms with E-state index in [9.17, 15) is 9.59 Å². The van der Waals surface area contributed by atoms with Crippen LogP contribution in [-0.4, -0.2) is 42.2 Å². The minimum absolute atomic E-state index is 0.0212. The van der Waals surface area contributed by atoms with E-state index in [0.717, 1.165) is 16.8 Å². The van der Waals surface area contributed by atoms with Crippen LogP contribution in [0.2, 0.25) is 0 Å². The third kappa shape index (κ3) is 5.83. The lowest BCUT2D eigenvalue weighted by Crippen LogP contribution is -2.38. The molecule has 8 nitrogen and oxygen atoms in total. The van der Waals surface area contributed by atoms with E-state index >= 15 is 0 Å². The summed E-state index contributed by atoms with van der Waals surface area (Å²) in [7, 11) is 2.93. The molecule has 0 spiro atoms. The van der Waals surface area contributed by atoms with Gasteiger partial charge in [0.05, 0.1) is 38.0 Å². The van der Waals surface area contributed by atoms with E-state index in [1.807, 2.05) is 72.7 Å². The summed E-state index contributed by atoms with van der Waals surface area (Å²) in [5, 5.41) is 5.54. The maximum absolute atomic E-state index is 13.0. The Morgan fingerprint density at radius 3 is 2.54 bits per heavy atom. The number of nitrogens with zero attached hydrogens (tertiary/aromatic N) is 2. The minimum atomic E-state index is -0.551. The minimum Gasteiger partial charge on any atom is -0.493 e. The Labute approximate surface area is 221 Å². The molecule has 0 bridgehead atoms. The number of hydrogen-bond donors (Lipinski definition) is 1. The predicted molar refractivity (Wildman–Crippen MR) is 144 cm³/mol.